The van der Waals surface area contributed by atoms with Gasteiger partial charge < -0.3 is 9.64 Å². The monoisotopic (exact) mass is 415 g/mol. The summed E-state index contributed by atoms with van der Waals surface area (Å²) in [5.41, 5.74) is 1.98. The molecule has 4 rings (SSSR count). The van der Waals surface area contributed by atoms with Gasteiger partial charge in [-0.15, -0.1) is 6.58 Å². The molecule has 0 spiro atoms. The zero-order valence-corrected chi connectivity index (χ0v) is 17.1. The molecular formula is C23H23Cl2NO2. The molecule has 0 radical (unpaired) electrons. The average molecular weight is 416 g/mol. The standard InChI is InChI=1S/C23H23Cl2NO2/c1-2-4-20-23(27)26(14-15-7-8-15)21(16-9-11-18(24)12-10-16)22(28-20)17-5-3-6-19(25)13-17/h2-3,5-6,9-13,15,20-22H,1,4,7-8,14H2/t20?,21?,22-/m0/s1. The van der Waals surface area contributed by atoms with Crippen LogP contribution in [0.25, 0.3) is 0 Å². The van der Waals surface area contributed by atoms with E-state index in [0.717, 1.165) is 17.7 Å². The Morgan fingerprint density at radius 3 is 2.46 bits per heavy atom. The average Bonchev–Trinajstić information content (AvgIpc) is 3.50. The van der Waals surface area contributed by atoms with Crippen LogP contribution in [0.2, 0.25) is 10.0 Å². The third kappa shape index (κ3) is 4.12. The Bertz CT molecular complexity index is 863. The van der Waals surface area contributed by atoms with Gasteiger partial charge in [0.1, 0.15) is 12.2 Å². The molecule has 28 heavy (non-hydrogen) atoms. The summed E-state index contributed by atoms with van der Waals surface area (Å²) in [5, 5.41) is 1.33. The Hall–Kier alpha value is -1.81. The number of halogens is 2. The summed E-state index contributed by atoms with van der Waals surface area (Å²) in [5.74, 6) is 0.603. The largest absolute Gasteiger partial charge is 0.358 e. The number of morpholine rings is 1. The Labute approximate surface area is 175 Å². The summed E-state index contributed by atoms with van der Waals surface area (Å²) >= 11 is 12.4. The van der Waals surface area contributed by atoms with E-state index in [0.29, 0.717) is 22.4 Å². The van der Waals surface area contributed by atoms with Gasteiger partial charge in [0.05, 0.1) is 6.04 Å². The minimum Gasteiger partial charge on any atom is -0.358 e. The van der Waals surface area contributed by atoms with Crippen LogP contribution in [0.4, 0.5) is 0 Å². The predicted octanol–water partition coefficient (Wildman–Crippen LogP) is 5.99. The first-order valence-electron chi connectivity index (χ1n) is 9.64. The van der Waals surface area contributed by atoms with Gasteiger partial charge in [-0.05, 0) is 54.2 Å². The van der Waals surface area contributed by atoms with Gasteiger partial charge in [0.15, 0.2) is 0 Å². The van der Waals surface area contributed by atoms with E-state index in [4.69, 9.17) is 27.9 Å². The van der Waals surface area contributed by atoms with Crippen LogP contribution in [0.15, 0.2) is 61.2 Å². The highest BCUT2D eigenvalue weighted by molar-refractivity contribution is 6.30. The quantitative estimate of drug-likeness (QED) is 0.542. The fraction of sp³-hybridized carbons (Fsp3) is 0.348. The molecule has 1 heterocycles. The third-order valence-electron chi connectivity index (χ3n) is 5.41. The second-order valence-corrected chi connectivity index (χ2v) is 8.43. The lowest BCUT2D eigenvalue weighted by Gasteiger charge is -2.45. The van der Waals surface area contributed by atoms with Crippen molar-refractivity contribution >= 4 is 29.1 Å². The number of carbonyl (C=O) groups excluding carboxylic acids is 1. The third-order valence-corrected chi connectivity index (χ3v) is 5.90. The van der Waals surface area contributed by atoms with Crippen molar-refractivity contribution in [3.63, 3.8) is 0 Å². The summed E-state index contributed by atoms with van der Waals surface area (Å²) < 4.78 is 6.36. The minimum absolute atomic E-state index is 0.0324. The molecule has 5 heteroatoms. The van der Waals surface area contributed by atoms with E-state index in [2.05, 4.69) is 6.58 Å². The molecule has 1 aliphatic heterocycles. The lowest BCUT2D eigenvalue weighted by atomic mass is 9.91. The first-order chi connectivity index (χ1) is 13.6. The molecule has 2 unspecified atom stereocenters. The lowest BCUT2D eigenvalue weighted by molar-refractivity contribution is -0.174. The fourth-order valence-corrected chi connectivity index (χ4v) is 4.17. The van der Waals surface area contributed by atoms with E-state index in [9.17, 15) is 4.79 Å². The molecular weight excluding hydrogens is 393 g/mol. The molecule has 2 aliphatic rings. The second kappa shape index (κ2) is 8.28. The van der Waals surface area contributed by atoms with Crippen molar-refractivity contribution in [1.82, 2.24) is 4.90 Å². The van der Waals surface area contributed by atoms with Crippen LogP contribution in [0.3, 0.4) is 0 Å². The van der Waals surface area contributed by atoms with Crippen LogP contribution >= 0.6 is 23.2 Å². The SMILES string of the molecule is C=CCC1O[C@@H](c2cccc(Cl)c2)C(c2ccc(Cl)cc2)N(CC2CC2)C1=O. The van der Waals surface area contributed by atoms with E-state index in [1.807, 2.05) is 53.4 Å². The minimum atomic E-state index is -0.524. The molecule has 1 saturated carbocycles. The first kappa shape index (κ1) is 19.5. The molecule has 2 fully saturated rings. The molecule has 2 aromatic carbocycles. The highest BCUT2D eigenvalue weighted by Crippen LogP contribution is 2.45. The van der Waals surface area contributed by atoms with Gasteiger partial charge in [-0.1, -0.05) is 53.5 Å². The van der Waals surface area contributed by atoms with Crippen molar-refractivity contribution in [2.75, 3.05) is 6.54 Å². The van der Waals surface area contributed by atoms with Gasteiger partial charge in [0.2, 0.25) is 0 Å². The number of nitrogens with zero attached hydrogens (tertiary/aromatic N) is 1. The number of hydrogen-bond donors (Lipinski definition) is 0. The number of carbonyl (C=O) groups is 1. The van der Waals surface area contributed by atoms with Crippen LogP contribution in [-0.2, 0) is 9.53 Å². The molecule has 1 saturated heterocycles. The van der Waals surface area contributed by atoms with Gasteiger partial charge >= 0.3 is 0 Å². The first-order valence-corrected chi connectivity index (χ1v) is 10.4. The summed E-state index contributed by atoms with van der Waals surface area (Å²) in [7, 11) is 0. The van der Waals surface area contributed by atoms with E-state index in [-0.39, 0.29) is 18.1 Å². The van der Waals surface area contributed by atoms with E-state index in [1.165, 1.54) is 12.8 Å². The number of hydrogen-bond acceptors (Lipinski definition) is 2. The summed E-state index contributed by atoms with van der Waals surface area (Å²) in [4.78, 5) is 15.3. The van der Waals surface area contributed by atoms with Crippen molar-refractivity contribution in [3.05, 3.63) is 82.4 Å². The van der Waals surface area contributed by atoms with Crippen molar-refractivity contribution in [1.29, 1.82) is 0 Å². The van der Waals surface area contributed by atoms with Gasteiger partial charge in [-0.2, -0.15) is 0 Å². The highest BCUT2D eigenvalue weighted by atomic mass is 35.5. The van der Waals surface area contributed by atoms with Crippen LogP contribution in [0.1, 0.15) is 42.5 Å². The molecule has 3 atom stereocenters. The number of benzene rings is 2. The Morgan fingerprint density at radius 2 is 1.82 bits per heavy atom. The maximum atomic E-state index is 13.3. The van der Waals surface area contributed by atoms with E-state index in [1.54, 1.807) is 6.08 Å². The second-order valence-electron chi connectivity index (χ2n) is 7.56. The summed E-state index contributed by atoms with van der Waals surface area (Å²) in [6.45, 7) is 4.55. The normalized spacial score (nSPS) is 25.0. The van der Waals surface area contributed by atoms with Gasteiger partial charge in [-0.3, -0.25) is 4.79 Å². The van der Waals surface area contributed by atoms with Crippen molar-refractivity contribution < 1.29 is 9.53 Å². The van der Waals surface area contributed by atoms with Crippen LogP contribution in [-0.4, -0.2) is 23.5 Å². The Balaban J connectivity index is 1.79. The number of amides is 1. The van der Waals surface area contributed by atoms with Gasteiger partial charge in [0, 0.05) is 23.0 Å². The smallest absolute Gasteiger partial charge is 0.252 e. The van der Waals surface area contributed by atoms with Gasteiger partial charge in [-0.25, -0.2) is 0 Å². The fourth-order valence-electron chi connectivity index (χ4n) is 3.84. The molecule has 0 N–H and O–H groups in total. The maximum Gasteiger partial charge on any atom is 0.252 e. The summed E-state index contributed by atoms with van der Waals surface area (Å²) in [6, 6.07) is 15.2. The van der Waals surface area contributed by atoms with Crippen LogP contribution in [0.5, 0.6) is 0 Å². The molecule has 0 bridgehead atoms. The van der Waals surface area contributed by atoms with E-state index < -0.39 is 6.10 Å². The number of rotatable bonds is 6. The molecule has 146 valence electrons. The topological polar surface area (TPSA) is 29.5 Å². The maximum absolute atomic E-state index is 13.3. The Kier molecular flexibility index (Phi) is 5.77. The van der Waals surface area contributed by atoms with Gasteiger partial charge in [0.25, 0.3) is 5.91 Å². The Morgan fingerprint density at radius 1 is 1.07 bits per heavy atom. The number of ether oxygens (including phenoxy) is 1. The molecule has 2 aromatic rings. The summed E-state index contributed by atoms with van der Waals surface area (Å²) in [6.07, 6.45) is 3.75. The van der Waals surface area contributed by atoms with Crippen molar-refractivity contribution in [2.45, 2.75) is 37.5 Å². The van der Waals surface area contributed by atoms with E-state index >= 15 is 0 Å². The van der Waals surface area contributed by atoms with Crippen LogP contribution < -0.4 is 0 Å². The predicted molar refractivity (Wildman–Crippen MR) is 113 cm³/mol. The highest BCUT2D eigenvalue weighted by Gasteiger charge is 2.45. The molecule has 1 amide bonds. The zero-order valence-electron chi connectivity index (χ0n) is 15.6. The molecule has 3 nitrogen and oxygen atoms in total. The molecule has 1 aliphatic carbocycles. The van der Waals surface area contributed by atoms with Crippen molar-refractivity contribution in [2.24, 2.45) is 5.92 Å². The molecule has 0 aromatic heterocycles. The zero-order chi connectivity index (χ0) is 19.7. The van der Waals surface area contributed by atoms with Crippen molar-refractivity contribution in [3.8, 4) is 0 Å². The van der Waals surface area contributed by atoms with Crippen LogP contribution in [0, 0.1) is 5.92 Å². The lowest BCUT2D eigenvalue weighted by Crippen LogP contribution is -2.51.